The van der Waals surface area contributed by atoms with E-state index in [1.807, 2.05) is 25.7 Å². The number of piperazine rings is 1. The number of rotatable bonds is 2. The maximum Gasteiger partial charge on any atom is 0.410 e. The highest BCUT2D eigenvalue weighted by atomic mass is 16.6. The topological polar surface area (TPSA) is 56.2 Å². The van der Waals surface area contributed by atoms with Gasteiger partial charge in [-0.1, -0.05) is 0 Å². The SMILES string of the molecule is C[C@H]1[C@@H](N2CCN(C)C[C@H]2CO)CCN1C(=O)OC(C)(C)C. The first-order valence-corrected chi connectivity index (χ1v) is 8.27. The van der Waals surface area contributed by atoms with Crippen molar-refractivity contribution in [2.45, 2.75) is 57.8 Å². The Balaban J connectivity index is 2.01. The molecule has 1 N–H and O–H groups in total. The predicted octanol–water partition coefficient (Wildman–Crippen LogP) is 0.993. The quantitative estimate of drug-likeness (QED) is 0.824. The zero-order valence-corrected chi connectivity index (χ0v) is 14.6. The van der Waals surface area contributed by atoms with E-state index in [-0.39, 0.29) is 24.8 Å². The van der Waals surface area contributed by atoms with E-state index in [1.165, 1.54) is 0 Å². The lowest BCUT2D eigenvalue weighted by molar-refractivity contribution is 0.000913. The lowest BCUT2D eigenvalue weighted by atomic mass is 10.0. The predicted molar refractivity (Wildman–Crippen MR) is 85.9 cm³/mol. The number of nitrogens with zero attached hydrogens (tertiary/aromatic N) is 3. The van der Waals surface area contributed by atoms with Gasteiger partial charge in [-0.15, -0.1) is 0 Å². The van der Waals surface area contributed by atoms with Gasteiger partial charge < -0.3 is 19.6 Å². The summed E-state index contributed by atoms with van der Waals surface area (Å²) < 4.78 is 5.51. The Kier molecular flexibility index (Phi) is 5.35. The van der Waals surface area contributed by atoms with Crippen LogP contribution in [0.4, 0.5) is 4.79 Å². The number of carbonyl (C=O) groups excluding carboxylic acids is 1. The van der Waals surface area contributed by atoms with Crippen molar-refractivity contribution in [1.29, 1.82) is 0 Å². The minimum atomic E-state index is -0.462. The van der Waals surface area contributed by atoms with Gasteiger partial charge in [-0.25, -0.2) is 4.79 Å². The number of amides is 1. The maximum absolute atomic E-state index is 12.3. The highest BCUT2D eigenvalue weighted by Crippen LogP contribution is 2.27. The van der Waals surface area contributed by atoms with E-state index in [4.69, 9.17) is 4.74 Å². The number of hydrogen-bond acceptors (Lipinski definition) is 5. The first-order valence-electron chi connectivity index (χ1n) is 8.27. The molecule has 0 aromatic rings. The van der Waals surface area contributed by atoms with E-state index in [1.54, 1.807) is 0 Å². The Morgan fingerprint density at radius 1 is 1.27 bits per heavy atom. The minimum Gasteiger partial charge on any atom is -0.444 e. The minimum absolute atomic E-state index is 0.118. The van der Waals surface area contributed by atoms with Gasteiger partial charge in [-0.3, -0.25) is 4.90 Å². The van der Waals surface area contributed by atoms with Gasteiger partial charge in [0.25, 0.3) is 0 Å². The van der Waals surface area contributed by atoms with Crippen LogP contribution in [0.3, 0.4) is 0 Å². The molecular formula is C16H31N3O3. The molecule has 22 heavy (non-hydrogen) atoms. The fourth-order valence-corrected chi connectivity index (χ4v) is 3.57. The van der Waals surface area contributed by atoms with Gasteiger partial charge in [0, 0.05) is 44.3 Å². The summed E-state index contributed by atoms with van der Waals surface area (Å²) in [5, 5.41) is 9.68. The molecule has 2 rings (SSSR count). The van der Waals surface area contributed by atoms with Gasteiger partial charge in [-0.2, -0.15) is 0 Å². The number of likely N-dealkylation sites (tertiary alicyclic amines) is 1. The lowest BCUT2D eigenvalue weighted by Crippen LogP contribution is -2.59. The van der Waals surface area contributed by atoms with Crippen LogP contribution in [0.25, 0.3) is 0 Å². The number of ether oxygens (including phenoxy) is 1. The Morgan fingerprint density at radius 2 is 1.95 bits per heavy atom. The van der Waals surface area contributed by atoms with Crippen LogP contribution in [-0.2, 0) is 4.74 Å². The fraction of sp³-hybridized carbons (Fsp3) is 0.938. The summed E-state index contributed by atoms with van der Waals surface area (Å²) >= 11 is 0. The molecule has 6 heteroatoms. The summed E-state index contributed by atoms with van der Waals surface area (Å²) in [6, 6.07) is 0.579. The van der Waals surface area contributed by atoms with Gasteiger partial charge >= 0.3 is 6.09 Å². The number of likely N-dealkylation sites (N-methyl/N-ethyl adjacent to an activating group) is 1. The molecule has 0 bridgehead atoms. The number of carbonyl (C=O) groups is 1. The standard InChI is InChI=1S/C16H31N3O3/c1-12-14(19-9-8-17(5)10-13(19)11-20)6-7-18(12)15(21)22-16(2,3)4/h12-14,20H,6-11H2,1-5H3/t12-,13-,14-/m0/s1. The van der Waals surface area contributed by atoms with Crippen molar-refractivity contribution in [3.63, 3.8) is 0 Å². The Labute approximate surface area is 134 Å². The van der Waals surface area contributed by atoms with Crippen LogP contribution in [0.2, 0.25) is 0 Å². The van der Waals surface area contributed by atoms with Crippen molar-refractivity contribution < 1.29 is 14.6 Å². The average molecular weight is 313 g/mol. The van der Waals surface area contributed by atoms with Gasteiger partial charge in [0.05, 0.1) is 6.61 Å². The van der Waals surface area contributed by atoms with Crippen molar-refractivity contribution in [2.24, 2.45) is 0 Å². The third kappa shape index (κ3) is 3.91. The van der Waals surface area contributed by atoms with Crippen molar-refractivity contribution in [2.75, 3.05) is 39.8 Å². The van der Waals surface area contributed by atoms with Crippen molar-refractivity contribution in [3.05, 3.63) is 0 Å². The first kappa shape index (κ1) is 17.5. The van der Waals surface area contributed by atoms with Crippen molar-refractivity contribution >= 4 is 6.09 Å². The molecule has 0 aromatic heterocycles. The highest BCUT2D eigenvalue weighted by Gasteiger charge is 2.42. The van der Waals surface area contributed by atoms with E-state index in [0.717, 1.165) is 32.6 Å². The van der Waals surface area contributed by atoms with E-state index < -0.39 is 5.60 Å². The Bertz CT molecular complexity index is 397. The van der Waals surface area contributed by atoms with Crippen LogP contribution in [0, 0.1) is 0 Å². The first-order chi connectivity index (χ1) is 10.2. The second-order valence-electron chi connectivity index (χ2n) is 7.61. The van der Waals surface area contributed by atoms with Gasteiger partial charge in [0.1, 0.15) is 5.60 Å². The molecule has 0 aliphatic carbocycles. The van der Waals surface area contributed by atoms with Crippen LogP contribution in [0.1, 0.15) is 34.1 Å². The fourth-order valence-electron chi connectivity index (χ4n) is 3.57. The summed E-state index contributed by atoms with van der Waals surface area (Å²) in [5.74, 6) is 0. The molecule has 2 heterocycles. The molecule has 2 aliphatic heterocycles. The van der Waals surface area contributed by atoms with Gasteiger partial charge in [0.2, 0.25) is 0 Å². The third-order valence-electron chi connectivity index (χ3n) is 4.71. The highest BCUT2D eigenvalue weighted by molar-refractivity contribution is 5.69. The second kappa shape index (κ2) is 6.72. The molecule has 1 amide bonds. The number of aliphatic hydroxyl groups is 1. The van der Waals surface area contributed by atoms with E-state index in [2.05, 4.69) is 23.8 Å². The lowest BCUT2D eigenvalue weighted by Gasteiger charge is -2.44. The van der Waals surface area contributed by atoms with Crippen LogP contribution < -0.4 is 0 Å². The molecule has 2 saturated heterocycles. The van der Waals surface area contributed by atoms with Crippen molar-refractivity contribution in [3.8, 4) is 0 Å². The molecular weight excluding hydrogens is 282 g/mol. The molecule has 0 radical (unpaired) electrons. The summed E-state index contributed by atoms with van der Waals surface area (Å²) in [7, 11) is 2.09. The van der Waals surface area contributed by atoms with Crippen molar-refractivity contribution in [1.82, 2.24) is 14.7 Å². The van der Waals surface area contributed by atoms with Crippen LogP contribution in [-0.4, -0.2) is 89.5 Å². The van der Waals surface area contributed by atoms with E-state index in [9.17, 15) is 9.90 Å². The monoisotopic (exact) mass is 313 g/mol. The second-order valence-corrected chi connectivity index (χ2v) is 7.61. The number of aliphatic hydroxyl groups excluding tert-OH is 1. The molecule has 3 atom stereocenters. The van der Waals surface area contributed by atoms with Crippen LogP contribution >= 0.6 is 0 Å². The Hall–Kier alpha value is -0.850. The molecule has 6 nitrogen and oxygen atoms in total. The average Bonchev–Trinajstić information content (AvgIpc) is 2.78. The number of hydrogen-bond donors (Lipinski definition) is 1. The summed E-state index contributed by atoms with van der Waals surface area (Å²) in [6.07, 6.45) is 0.720. The van der Waals surface area contributed by atoms with Crippen LogP contribution in [0.15, 0.2) is 0 Å². The largest absolute Gasteiger partial charge is 0.444 e. The van der Waals surface area contributed by atoms with Gasteiger partial charge in [-0.05, 0) is 41.2 Å². The Morgan fingerprint density at radius 3 is 2.55 bits per heavy atom. The van der Waals surface area contributed by atoms with E-state index in [0.29, 0.717) is 6.04 Å². The molecule has 128 valence electrons. The molecule has 0 spiro atoms. The van der Waals surface area contributed by atoms with Gasteiger partial charge in [0.15, 0.2) is 0 Å². The summed E-state index contributed by atoms with van der Waals surface area (Å²) in [6.45, 7) is 11.5. The van der Waals surface area contributed by atoms with Crippen LogP contribution in [0.5, 0.6) is 0 Å². The third-order valence-corrected chi connectivity index (χ3v) is 4.71. The smallest absolute Gasteiger partial charge is 0.410 e. The molecule has 2 aliphatic rings. The normalized spacial score (nSPS) is 31.5. The zero-order valence-electron chi connectivity index (χ0n) is 14.6. The molecule has 0 aromatic carbocycles. The molecule has 2 fully saturated rings. The molecule has 0 unspecified atom stereocenters. The maximum atomic E-state index is 12.3. The summed E-state index contributed by atoms with van der Waals surface area (Å²) in [5.41, 5.74) is -0.462. The summed E-state index contributed by atoms with van der Waals surface area (Å²) in [4.78, 5) is 18.8. The molecule has 0 saturated carbocycles. The zero-order chi connectivity index (χ0) is 16.5. The van der Waals surface area contributed by atoms with E-state index >= 15 is 0 Å².